The van der Waals surface area contributed by atoms with E-state index in [0.29, 0.717) is 5.88 Å². The lowest BCUT2D eigenvalue weighted by atomic mass is 9.91. The van der Waals surface area contributed by atoms with Crippen molar-refractivity contribution in [3.63, 3.8) is 0 Å². The topological polar surface area (TPSA) is 22.1 Å². The Morgan fingerprint density at radius 3 is 2.43 bits per heavy atom. The lowest BCUT2D eigenvalue weighted by Crippen LogP contribution is -2.14. The van der Waals surface area contributed by atoms with Gasteiger partial charge in [-0.05, 0) is 6.07 Å². The van der Waals surface area contributed by atoms with Crippen LogP contribution in [0.2, 0.25) is 0 Å². The van der Waals surface area contributed by atoms with Crippen LogP contribution in [0.1, 0.15) is 32.0 Å². The van der Waals surface area contributed by atoms with Crippen molar-refractivity contribution in [3.8, 4) is 5.88 Å². The Bertz CT molecular complexity index is 318. The van der Waals surface area contributed by atoms with Gasteiger partial charge in [-0.15, -0.1) is 0 Å². The molecule has 0 aliphatic rings. The quantitative estimate of drug-likeness (QED) is 0.759. The SMILES string of the molecule is COc1nc(C(C)(C)C)ccc1CBr. The average molecular weight is 258 g/mol. The number of methoxy groups -OCH3 is 1. The van der Waals surface area contributed by atoms with Gasteiger partial charge in [-0.2, -0.15) is 0 Å². The zero-order chi connectivity index (χ0) is 10.8. The second-order valence-corrected chi connectivity index (χ2v) is 4.81. The summed E-state index contributed by atoms with van der Waals surface area (Å²) in [5.74, 6) is 0.717. The summed E-state index contributed by atoms with van der Waals surface area (Å²) >= 11 is 3.40. The van der Waals surface area contributed by atoms with Gasteiger partial charge in [0, 0.05) is 22.0 Å². The summed E-state index contributed by atoms with van der Waals surface area (Å²) in [4.78, 5) is 4.48. The van der Waals surface area contributed by atoms with E-state index in [0.717, 1.165) is 16.6 Å². The van der Waals surface area contributed by atoms with Crippen molar-refractivity contribution in [2.45, 2.75) is 31.5 Å². The minimum atomic E-state index is 0.0676. The van der Waals surface area contributed by atoms with E-state index in [1.807, 2.05) is 0 Å². The molecule has 0 radical (unpaired) electrons. The standard InChI is InChI=1S/C11H16BrNO/c1-11(2,3)9-6-5-8(7-12)10(13-9)14-4/h5-6H,7H2,1-4H3. The zero-order valence-corrected chi connectivity index (χ0v) is 10.7. The third-order valence-corrected chi connectivity index (χ3v) is 2.65. The maximum Gasteiger partial charge on any atom is 0.217 e. The first-order valence-corrected chi connectivity index (χ1v) is 5.71. The van der Waals surface area contributed by atoms with Crippen molar-refractivity contribution < 1.29 is 4.74 Å². The van der Waals surface area contributed by atoms with Gasteiger partial charge < -0.3 is 4.74 Å². The predicted molar refractivity (Wildman–Crippen MR) is 62.1 cm³/mol. The van der Waals surface area contributed by atoms with Crippen LogP contribution < -0.4 is 4.74 Å². The van der Waals surface area contributed by atoms with Crippen molar-refractivity contribution in [2.24, 2.45) is 0 Å². The molecule has 14 heavy (non-hydrogen) atoms. The third-order valence-electron chi connectivity index (χ3n) is 2.04. The molecule has 78 valence electrons. The fourth-order valence-corrected chi connectivity index (χ4v) is 1.59. The average Bonchev–Trinajstić information content (AvgIpc) is 2.15. The first kappa shape index (κ1) is 11.5. The summed E-state index contributed by atoms with van der Waals surface area (Å²) in [7, 11) is 1.65. The maximum atomic E-state index is 5.23. The van der Waals surface area contributed by atoms with Crippen molar-refractivity contribution >= 4 is 15.9 Å². The summed E-state index contributed by atoms with van der Waals surface area (Å²) in [6.45, 7) is 6.42. The van der Waals surface area contributed by atoms with E-state index in [9.17, 15) is 0 Å². The molecule has 1 aromatic rings. The zero-order valence-electron chi connectivity index (χ0n) is 9.10. The fourth-order valence-electron chi connectivity index (χ4n) is 1.17. The number of ether oxygens (including phenoxy) is 1. The summed E-state index contributed by atoms with van der Waals surface area (Å²) in [5, 5.41) is 0.771. The summed E-state index contributed by atoms with van der Waals surface area (Å²) in [5.41, 5.74) is 2.21. The lowest BCUT2D eigenvalue weighted by molar-refractivity contribution is 0.388. The van der Waals surface area contributed by atoms with Crippen molar-refractivity contribution in [1.82, 2.24) is 4.98 Å². The van der Waals surface area contributed by atoms with E-state index < -0.39 is 0 Å². The van der Waals surface area contributed by atoms with Gasteiger partial charge in [0.2, 0.25) is 5.88 Å². The number of hydrogen-bond donors (Lipinski definition) is 0. The molecule has 0 spiro atoms. The minimum Gasteiger partial charge on any atom is -0.481 e. The normalized spacial score (nSPS) is 11.5. The maximum absolute atomic E-state index is 5.23. The van der Waals surface area contributed by atoms with E-state index in [2.05, 4.69) is 53.8 Å². The van der Waals surface area contributed by atoms with E-state index in [1.165, 1.54) is 0 Å². The summed E-state index contributed by atoms with van der Waals surface area (Å²) in [6, 6.07) is 4.11. The minimum absolute atomic E-state index is 0.0676. The number of rotatable bonds is 2. The van der Waals surface area contributed by atoms with Gasteiger partial charge >= 0.3 is 0 Å². The molecule has 0 aliphatic carbocycles. The molecule has 1 aromatic heterocycles. The molecule has 1 rings (SSSR count). The number of nitrogens with zero attached hydrogens (tertiary/aromatic N) is 1. The molecule has 0 aliphatic heterocycles. The molecule has 3 heteroatoms. The van der Waals surface area contributed by atoms with Gasteiger partial charge in [0.15, 0.2) is 0 Å². The Balaban J connectivity index is 3.14. The van der Waals surface area contributed by atoms with Crippen LogP contribution in [0.4, 0.5) is 0 Å². The Morgan fingerprint density at radius 1 is 1.36 bits per heavy atom. The van der Waals surface area contributed by atoms with Crippen molar-refractivity contribution in [2.75, 3.05) is 7.11 Å². The van der Waals surface area contributed by atoms with Crippen molar-refractivity contribution in [1.29, 1.82) is 0 Å². The largest absolute Gasteiger partial charge is 0.481 e. The Hall–Kier alpha value is -0.570. The van der Waals surface area contributed by atoms with Crippen LogP contribution in [0.3, 0.4) is 0 Å². The molecule has 0 N–H and O–H groups in total. The highest BCUT2D eigenvalue weighted by molar-refractivity contribution is 9.08. The number of alkyl halides is 1. The second-order valence-electron chi connectivity index (χ2n) is 4.25. The van der Waals surface area contributed by atoms with Crippen LogP contribution in [-0.2, 0) is 10.7 Å². The number of halogens is 1. The highest BCUT2D eigenvalue weighted by Gasteiger charge is 2.17. The summed E-state index contributed by atoms with van der Waals surface area (Å²) < 4.78 is 5.23. The smallest absolute Gasteiger partial charge is 0.217 e. The number of hydrogen-bond acceptors (Lipinski definition) is 2. The molecular formula is C11H16BrNO. The van der Waals surface area contributed by atoms with Crippen molar-refractivity contribution in [3.05, 3.63) is 23.4 Å². The van der Waals surface area contributed by atoms with E-state index in [-0.39, 0.29) is 5.41 Å². The highest BCUT2D eigenvalue weighted by Crippen LogP contribution is 2.25. The van der Waals surface area contributed by atoms with Crippen LogP contribution in [0.5, 0.6) is 5.88 Å². The van der Waals surface area contributed by atoms with Crippen LogP contribution in [0, 0.1) is 0 Å². The lowest BCUT2D eigenvalue weighted by Gasteiger charge is -2.19. The van der Waals surface area contributed by atoms with Crippen LogP contribution >= 0.6 is 15.9 Å². The molecule has 0 aromatic carbocycles. The Kier molecular flexibility index (Phi) is 3.53. The molecule has 0 bridgehead atoms. The van der Waals surface area contributed by atoms with E-state index in [1.54, 1.807) is 7.11 Å². The van der Waals surface area contributed by atoms with E-state index >= 15 is 0 Å². The fraction of sp³-hybridized carbons (Fsp3) is 0.545. The first-order chi connectivity index (χ1) is 6.49. The highest BCUT2D eigenvalue weighted by atomic mass is 79.9. The predicted octanol–water partition coefficient (Wildman–Crippen LogP) is 3.28. The molecular weight excluding hydrogens is 242 g/mol. The molecule has 2 nitrogen and oxygen atoms in total. The van der Waals surface area contributed by atoms with Crippen LogP contribution in [-0.4, -0.2) is 12.1 Å². The van der Waals surface area contributed by atoms with Gasteiger partial charge in [0.1, 0.15) is 0 Å². The molecule has 0 unspecified atom stereocenters. The molecule has 0 atom stereocenters. The van der Waals surface area contributed by atoms with Crippen LogP contribution in [0.25, 0.3) is 0 Å². The van der Waals surface area contributed by atoms with E-state index in [4.69, 9.17) is 4.74 Å². The third kappa shape index (κ3) is 2.47. The van der Waals surface area contributed by atoms with Crippen LogP contribution in [0.15, 0.2) is 12.1 Å². The first-order valence-electron chi connectivity index (χ1n) is 4.59. The Morgan fingerprint density at radius 2 is 2.00 bits per heavy atom. The van der Waals surface area contributed by atoms with Gasteiger partial charge in [-0.25, -0.2) is 4.98 Å². The molecule has 0 fully saturated rings. The monoisotopic (exact) mass is 257 g/mol. The van der Waals surface area contributed by atoms with Gasteiger partial charge in [-0.3, -0.25) is 0 Å². The second kappa shape index (κ2) is 4.30. The molecule has 0 saturated heterocycles. The molecule has 1 heterocycles. The van der Waals surface area contributed by atoms with Gasteiger partial charge in [0.25, 0.3) is 0 Å². The molecule has 0 amide bonds. The Labute approximate surface area is 93.8 Å². The van der Waals surface area contributed by atoms with Gasteiger partial charge in [0.05, 0.1) is 7.11 Å². The van der Waals surface area contributed by atoms with Gasteiger partial charge in [-0.1, -0.05) is 42.8 Å². The summed E-state index contributed by atoms with van der Waals surface area (Å²) in [6.07, 6.45) is 0. The molecule has 0 saturated carbocycles. The number of pyridine rings is 1. The number of aromatic nitrogens is 1.